The summed E-state index contributed by atoms with van der Waals surface area (Å²) in [5.41, 5.74) is 6.99. The summed E-state index contributed by atoms with van der Waals surface area (Å²) in [7, 11) is 0. The van der Waals surface area contributed by atoms with Crippen LogP contribution in [0.15, 0.2) is 24.3 Å². The first kappa shape index (κ1) is 14.4. The first-order valence-corrected chi connectivity index (χ1v) is 7.46. The molecule has 0 bridgehead atoms. The van der Waals surface area contributed by atoms with E-state index in [0.717, 1.165) is 31.4 Å². The van der Waals surface area contributed by atoms with E-state index in [2.05, 4.69) is 23.1 Å². The van der Waals surface area contributed by atoms with E-state index in [0.29, 0.717) is 0 Å². The number of rotatable bonds is 6. The average Bonchev–Trinajstić information content (AvgIpc) is 2.42. The van der Waals surface area contributed by atoms with E-state index >= 15 is 0 Å². The fourth-order valence-electron chi connectivity index (χ4n) is 2.83. The molecule has 3 nitrogen and oxygen atoms in total. The average molecular weight is 262 g/mol. The number of benzene rings is 1. The molecule has 3 heteroatoms. The molecular weight excluding hydrogens is 236 g/mol. The smallest absolute Gasteiger partial charge is 0.119 e. The molecule has 0 aliphatic carbocycles. The number of nitrogens with two attached hydrogens (primary N) is 1. The lowest BCUT2D eigenvalue weighted by Gasteiger charge is -2.31. The van der Waals surface area contributed by atoms with Crippen molar-refractivity contribution in [1.82, 2.24) is 4.90 Å². The standard InChI is InChI=1S/C16H26N2O/c1-2-19-16-5-3-4-15(12-16)13-18-10-7-14(6-9-17)8-11-18/h3-5,12,14H,2,6-11,13,17H2,1H3. The van der Waals surface area contributed by atoms with Gasteiger partial charge in [0.2, 0.25) is 0 Å². The first-order valence-electron chi connectivity index (χ1n) is 7.46. The Balaban J connectivity index is 1.83. The fourth-order valence-corrected chi connectivity index (χ4v) is 2.83. The quantitative estimate of drug-likeness (QED) is 0.856. The van der Waals surface area contributed by atoms with Crippen LogP contribution in [0.5, 0.6) is 5.75 Å². The van der Waals surface area contributed by atoms with Crippen LogP contribution >= 0.6 is 0 Å². The van der Waals surface area contributed by atoms with Gasteiger partial charge in [0.1, 0.15) is 5.75 Å². The molecule has 0 unspecified atom stereocenters. The van der Waals surface area contributed by atoms with Crippen molar-refractivity contribution < 1.29 is 4.74 Å². The number of ether oxygens (including phenoxy) is 1. The van der Waals surface area contributed by atoms with Crippen LogP contribution in [-0.4, -0.2) is 31.1 Å². The molecule has 1 aliphatic heterocycles. The summed E-state index contributed by atoms with van der Waals surface area (Å²) in [6, 6.07) is 8.46. The minimum Gasteiger partial charge on any atom is -0.494 e. The van der Waals surface area contributed by atoms with Crippen molar-refractivity contribution in [1.29, 1.82) is 0 Å². The van der Waals surface area contributed by atoms with Crippen molar-refractivity contribution in [3.63, 3.8) is 0 Å². The van der Waals surface area contributed by atoms with Crippen molar-refractivity contribution in [2.75, 3.05) is 26.2 Å². The Morgan fingerprint density at radius 1 is 1.32 bits per heavy atom. The van der Waals surface area contributed by atoms with Crippen molar-refractivity contribution in [3.8, 4) is 5.75 Å². The summed E-state index contributed by atoms with van der Waals surface area (Å²) in [5, 5.41) is 0. The molecule has 0 atom stereocenters. The minimum atomic E-state index is 0.730. The Morgan fingerprint density at radius 3 is 2.79 bits per heavy atom. The highest BCUT2D eigenvalue weighted by Gasteiger charge is 2.18. The van der Waals surface area contributed by atoms with Gasteiger partial charge < -0.3 is 10.5 Å². The lowest BCUT2D eigenvalue weighted by atomic mass is 9.93. The van der Waals surface area contributed by atoms with Gasteiger partial charge in [-0.2, -0.15) is 0 Å². The highest BCUT2D eigenvalue weighted by molar-refractivity contribution is 5.28. The van der Waals surface area contributed by atoms with Gasteiger partial charge in [-0.05, 0) is 69.4 Å². The highest BCUT2D eigenvalue weighted by atomic mass is 16.5. The van der Waals surface area contributed by atoms with Crippen LogP contribution in [0.1, 0.15) is 31.7 Å². The lowest BCUT2D eigenvalue weighted by molar-refractivity contribution is 0.173. The summed E-state index contributed by atoms with van der Waals surface area (Å²) in [6.45, 7) is 7.02. The molecule has 2 N–H and O–H groups in total. The number of hydrogen-bond donors (Lipinski definition) is 1. The maximum absolute atomic E-state index is 5.64. The van der Waals surface area contributed by atoms with Gasteiger partial charge in [0.05, 0.1) is 6.61 Å². The van der Waals surface area contributed by atoms with Crippen LogP contribution in [0.25, 0.3) is 0 Å². The third-order valence-electron chi connectivity index (χ3n) is 3.90. The van der Waals surface area contributed by atoms with E-state index in [1.54, 1.807) is 0 Å². The van der Waals surface area contributed by atoms with E-state index in [-0.39, 0.29) is 0 Å². The minimum absolute atomic E-state index is 0.730. The maximum Gasteiger partial charge on any atom is 0.119 e. The molecule has 0 amide bonds. The van der Waals surface area contributed by atoms with Crippen LogP contribution in [-0.2, 0) is 6.54 Å². The second kappa shape index (κ2) is 7.51. The van der Waals surface area contributed by atoms with Gasteiger partial charge in [-0.25, -0.2) is 0 Å². The van der Waals surface area contributed by atoms with Gasteiger partial charge in [-0.15, -0.1) is 0 Å². The van der Waals surface area contributed by atoms with Gasteiger partial charge in [0.15, 0.2) is 0 Å². The van der Waals surface area contributed by atoms with Crippen molar-refractivity contribution >= 4 is 0 Å². The van der Waals surface area contributed by atoms with Gasteiger partial charge in [-0.1, -0.05) is 12.1 Å². The first-order chi connectivity index (χ1) is 9.31. The Hall–Kier alpha value is -1.06. The van der Waals surface area contributed by atoms with E-state index in [9.17, 15) is 0 Å². The fraction of sp³-hybridized carbons (Fsp3) is 0.625. The van der Waals surface area contributed by atoms with Crippen LogP contribution < -0.4 is 10.5 Å². The maximum atomic E-state index is 5.64. The van der Waals surface area contributed by atoms with Gasteiger partial charge in [0, 0.05) is 6.54 Å². The summed E-state index contributed by atoms with van der Waals surface area (Å²) >= 11 is 0. The molecule has 0 aromatic heterocycles. The van der Waals surface area contributed by atoms with E-state index in [1.165, 1.54) is 37.9 Å². The molecule has 0 spiro atoms. The normalized spacial score (nSPS) is 17.6. The van der Waals surface area contributed by atoms with E-state index in [1.807, 2.05) is 13.0 Å². The Kier molecular flexibility index (Phi) is 5.67. The Labute approximate surface area is 116 Å². The molecule has 19 heavy (non-hydrogen) atoms. The Morgan fingerprint density at radius 2 is 2.11 bits per heavy atom. The SMILES string of the molecule is CCOc1cccc(CN2CCC(CCN)CC2)c1. The van der Waals surface area contributed by atoms with Gasteiger partial charge in [-0.3, -0.25) is 4.90 Å². The molecule has 0 saturated carbocycles. The number of likely N-dealkylation sites (tertiary alicyclic amines) is 1. The monoisotopic (exact) mass is 262 g/mol. The summed E-state index contributed by atoms with van der Waals surface area (Å²) < 4.78 is 5.55. The molecule has 1 saturated heterocycles. The number of hydrogen-bond acceptors (Lipinski definition) is 3. The van der Waals surface area contributed by atoms with E-state index < -0.39 is 0 Å². The molecule has 0 radical (unpaired) electrons. The van der Waals surface area contributed by atoms with Gasteiger partial charge in [0.25, 0.3) is 0 Å². The van der Waals surface area contributed by atoms with Crippen LogP contribution in [0.4, 0.5) is 0 Å². The van der Waals surface area contributed by atoms with Gasteiger partial charge >= 0.3 is 0 Å². The molecule has 2 rings (SSSR count). The summed E-state index contributed by atoms with van der Waals surface area (Å²) in [4.78, 5) is 2.54. The zero-order valence-corrected chi connectivity index (χ0v) is 12.0. The molecule has 1 aromatic carbocycles. The summed E-state index contributed by atoms with van der Waals surface area (Å²) in [5.74, 6) is 1.83. The molecule has 1 aliphatic rings. The molecule has 1 fully saturated rings. The zero-order chi connectivity index (χ0) is 13.5. The van der Waals surface area contributed by atoms with Crippen molar-refractivity contribution in [2.24, 2.45) is 11.7 Å². The third kappa shape index (κ3) is 4.51. The predicted molar refractivity (Wildman–Crippen MR) is 79.3 cm³/mol. The molecule has 106 valence electrons. The predicted octanol–water partition coefficient (Wildman–Crippen LogP) is 2.65. The molecule has 1 heterocycles. The molecular formula is C16H26N2O. The lowest BCUT2D eigenvalue weighted by Crippen LogP contribution is -2.33. The van der Waals surface area contributed by atoms with Crippen LogP contribution in [0.3, 0.4) is 0 Å². The number of nitrogens with zero attached hydrogens (tertiary/aromatic N) is 1. The number of piperidine rings is 1. The Bertz CT molecular complexity index is 373. The van der Waals surface area contributed by atoms with Crippen LogP contribution in [0, 0.1) is 5.92 Å². The van der Waals surface area contributed by atoms with Crippen molar-refractivity contribution in [3.05, 3.63) is 29.8 Å². The van der Waals surface area contributed by atoms with Crippen molar-refractivity contribution in [2.45, 2.75) is 32.7 Å². The highest BCUT2D eigenvalue weighted by Crippen LogP contribution is 2.22. The molecule has 1 aromatic rings. The second-order valence-electron chi connectivity index (χ2n) is 5.38. The second-order valence-corrected chi connectivity index (χ2v) is 5.38. The zero-order valence-electron chi connectivity index (χ0n) is 12.0. The summed E-state index contributed by atoms with van der Waals surface area (Å²) in [6.07, 6.45) is 3.78. The largest absolute Gasteiger partial charge is 0.494 e. The van der Waals surface area contributed by atoms with E-state index in [4.69, 9.17) is 10.5 Å². The topological polar surface area (TPSA) is 38.5 Å². The van der Waals surface area contributed by atoms with Crippen LogP contribution in [0.2, 0.25) is 0 Å². The third-order valence-corrected chi connectivity index (χ3v) is 3.90.